The van der Waals surface area contributed by atoms with Crippen LogP contribution in [0.25, 0.3) is 0 Å². The minimum atomic E-state index is -0.818. The van der Waals surface area contributed by atoms with Crippen LogP contribution in [-0.4, -0.2) is 38.2 Å². The van der Waals surface area contributed by atoms with E-state index in [4.69, 9.17) is 18.9 Å². The summed E-state index contributed by atoms with van der Waals surface area (Å²) in [6, 6.07) is 5.70. The Labute approximate surface area is 201 Å². The molecule has 0 atom stereocenters. The summed E-state index contributed by atoms with van der Waals surface area (Å²) >= 11 is 0. The molecule has 0 radical (unpaired) electrons. The monoisotopic (exact) mass is 465 g/mol. The molecular weight excluding hydrogens is 418 g/mol. The van der Waals surface area contributed by atoms with Gasteiger partial charge >= 0.3 is 6.09 Å². The van der Waals surface area contributed by atoms with E-state index in [1.54, 1.807) is 6.07 Å². The average molecular weight is 466 g/mol. The second kappa shape index (κ2) is 17.7. The van der Waals surface area contributed by atoms with Crippen molar-refractivity contribution >= 4 is 6.09 Å². The van der Waals surface area contributed by atoms with E-state index in [0.717, 1.165) is 69.8 Å². The van der Waals surface area contributed by atoms with E-state index in [0.29, 0.717) is 31.3 Å². The molecule has 0 aliphatic heterocycles. The number of rotatable bonds is 19. The molecule has 0 bridgehead atoms. The molecule has 0 fully saturated rings. The Morgan fingerprint density at radius 1 is 0.818 bits per heavy atom. The van der Waals surface area contributed by atoms with Crippen LogP contribution >= 0.6 is 0 Å². The molecule has 6 heteroatoms. The van der Waals surface area contributed by atoms with E-state index in [1.165, 1.54) is 0 Å². The van der Waals surface area contributed by atoms with Gasteiger partial charge in [0.2, 0.25) is 0 Å². The van der Waals surface area contributed by atoms with Gasteiger partial charge in [0.25, 0.3) is 0 Å². The van der Waals surface area contributed by atoms with E-state index in [2.05, 4.69) is 33.0 Å². The summed E-state index contributed by atoms with van der Waals surface area (Å²) in [6.45, 7) is 12.6. The van der Waals surface area contributed by atoms with E-state index in [-0.39, 0.29) is 6.61 Å². The van der Waals surface area contributed by atoms with Crippen LogP contribution in [0, 0.1) is 0 Å². The molecule has 0 saturated carbocycles. The lowest BCUT2D eigenvalue weighted by Gasteiger charge is -2.30. The Morgan fingerprint density at radius 3 is 2.03 bits per heavy atom. The van der Waals surface area contributed by atoms with Crippen LogP contribution in [0.3, 0.4) is 0 Å². The Morgan fingerprint density at radius 2 is 1.42 bits per heavy atom. The van der Waals surface area contributed by atoms with E-state index < -0.39 is 11.9 Å². The molecular formula is C27H47NO5. The lowest BCUT2D eigenvalue weighted by Crippen LogP contribution is -2.39. The number of benzene rings is 1. The van der Waals surface area contributed by atoms with Gasteiger partial charge in [0.15, 0.2) is 5.79 Å². The Balaban J connectivity index is 2.85. The van der Waals surface area contributed by atoms with Crippen molar-refractivity contribution in [2.45, 2.75) is 105 Å². The van der Waals surface area contributed by atoms with E-state index in [1.807, 2.05) is 19.1 Å². The van der Waals surface area contributed by atoms with Crippen molar-refractivity contribution in [1.82, 2.24) is 5.32 Å². The minimum absolute atomic E-state index is 0.264. The maximum atomic E-state index is 12.2. The molecule has 190 valence electrons. The van der Waals surface area contributed by atoms with E-state index in [9.17, 15) is 4.79 Å². The van der Waals surface area contributed by atoms with Crippen molar-refractivity contribution in [1.29, 1.82) is 0 Å². The zero-order chi connectivity index (χ0) is 24.4. The van der Waals surface area contributed by atoms with Gasteiger partial charge < -0.3 is 24.3 Å². The summed E-state index contributed by atoms with van der Waals surface area (Å²) in [4.78, 5) is 12.2. The van der Waals surface area contributed by atoms with Crippen LogP contribution in [-0.2, 0) is 15.9 Å². The Kier molecular flexibility index (Phi) is 15.6. The smallest absolute Gasteiger partial charge is 0.412 e. The van der Waals surface area contributed by atoms with Gasteiger partial charge in [-0.15, -0.1) is 0 Å². The molecule has 33 heavy (non-hydrogen) atoms. The molecule has 0 spiro atoms. The summed E-state index contributed by atoms with van der Waals surface area (Å²) in [5.41, 5.74) is 1.09. The average Bonchev–Trinajstić information content (AvgIpc) is 2.79. The zero-order valence-electron chi connectivity index (χ0n) is 21.7. The Hall–Kier alpha value is -1.79. The molecule has 0 aliphatic rings. The van der Waals surface area contributed by atoms with Gasteiger partial charge in [0, 0.05) is 12.6 Å². The van der Waals surface area contributed by atoms with Gasteiger partial charge in [0.1, 0.15) is 18.1 Å². The normalized spacial score (nSPS) is 11.4. The highest BCUT2D eigenvalue weighted by atomic mass is 16.7. The first kappa shape index (κ1) is 29.2. The molecule has 1 rings (SSSR count). The van der Waals surface area contributed by atoms with Crippen LogP contribution in [0.4, 0.5) is 4.79 Å². The lowest BCUT2D eigenvalue weighted by molar-refractivity contribution is -0.240. The van der Waals surface area contributed by atoms with Gasteiger partial charge in [-0.05, 0) is 56.7 Å². The predicted molar refractivity (Wildman–Crippen MR) is 134 cm³/mol. The van der Waals surface area contributed by atoms with Gasteiger partial charge in [-0.3, -0.25) is 0 Å². The largest absolute Gasteiger partial charge is 0.488 e. The molecule has 0 aromatic heterocycles. The summed E-state index contributed by atoms with van der Waals surface area (Å²) in [7, 11) is 0. The third kappa shape index (κ3) is 13.5. The molecule has 0 aliphatic carbocycles. The topological polar surface area (TPSA) is 66.0 Å². The van der Waals surface area contributed by atoms with Crippen LogP contribution in [0.1, 0.15) is 98.0 Å². The van der Waals surface area contributed by atoms with Gasteiger partial charge in [-0.25, -0.2) is 4.79 Å². The summed E-state index contributed by atoms with van der Waals surface area (Å²) in [6.07, 6.45) is 9.85. The molecule has 1 aromatic carbocycles. The van der Waals surface area contributed by atoms with Gasteiger partial charge in [0.05, 0.1) is 13.2 Å². The van der Waals surface area contributed by atoms with Crippen molar-refractivity contribution in [3.63, 3.8) is 0 Å². The molecule has 1 N–H and O–H groups in total. The van der Waals surface area contributed by atoms with Crippen molar-refractivity contribution in [2.75, 3.05) is 26.4 Å². The molecule has 6 nitrogen and oxygen atoms in total. The number of amides is 1. The third-order valence-corrected chi connectivity index (χ3v) is 5.33. The fraction of sp³-hybridized carbons (Fsp3) is 0.741. The fourth-order valence-corrected chi connectivity index (χ4v) is 3.21. The number of ether oxygens (including phenoxy) is 4. The van der Waals surface area contributed by atoms with Crippen LogP contribution in [0.15, 0.2) is 18.2 Å². The number of hydrogen-bond acceptors (Lipinski definition) is 5. The first-order chi connectivity index (χ1) is 16.0. The highest BCUT2D eigenvalue weighted by Gasteiger charge is 2.27. The SMILES string of the molecule is CCCCCNC(=O)Oc1cc(CCCC)cc(OCC(C)(OCCCC)OCCCC)c1. The molecule has 0 heterocycles. The Bertz CT molecular complexity index is 639. The maximum Gasteiger partial charge on any atom is 0.412 e. The van der Waals surface area contributed by atoms with Crippen LogP contribution < -0.4 is 14.8 Å². The number of aryl methyl sites for hydroxylation is 1. The summed E-state index contributed by atoms with van der Waals surface area (Å²) < 4.78 is 23.8. The van der Waals surface area contributed by atoms with Crippen molar-refractivity contribution in [2.24, 2.45) is 0 Å². The lowest BCUT2D eigenvalue weighted by atomic mass is 10.1. The highest BCUT2D eigenvalue weighted by Crippen LogP contribution is 2.26. The molecule has 0 saturated heterocycles. The van der Waals surface area contributed by atoms with Crippen LogP contribution in [0.2, 0.25) is 0 Å². The van der Waals surface area contributed by atoms with Crippen molar-refractivity contribution < 1.29 is 23.7 Å². The third-order valence-electron chi connectivity index (χ3n) is 5.33. The highest BCUT2D eigenvalue weighted by molar-refractivity contribution is 5.70. The zero-order valence-corrected chi connectivity index (χ0v) is 21.7. The number of nitrogens with one attached hydrogen (secondary N) is 1. The second-order valence-corrected chi connectivity index (χ2v) is 8.77. The van der Waals surface area contributed by atoms with Gasteiger partial charge in [-0.1, -0.05) is 59.8 Å². The first-order valence-electron chi connectivity index (χ1n) is 13.0. The van der Waals surface area contributed by atoms with Crippen molar-refractivity contribution in [3.05, 3.63) is 23.8 Å². The van der Waals surface area contributed by atoms with Gasteiger partial charge in [-0.2, -0.15) is 0 Å². The minimum Gasteiger partial charge on any atom is -0.488 e. The van der Waals surface area contributed by atoms with Crippen LogP contribution in [0.5, 0.6) is 11.5 Å². The predicted octanol–water partition coefficient (Wildman–Crippen LogP) is 7.04. The summed E-state index contributed by atoms with van der Waals surface area (Å²) in [5, 5.41) is 2.82. The molecule has 1 amide bonds. The second-order valence-electron chi connectivity index (χ2n) is 8.77. The quantitative estimate of drug-likeness (QED) is 0.175. The maximum absolute atomic E-state index is 12.2. The number of carbonyl (C=O) groups is 1. The number of carbonyl (C=O) groups excluding carboxylic acids is 1. The first-order valence-corrected chi connectivity index (χ1v) is 13.0. The number of hydrogen-bond donors (Lipinski definition) is 1. The molecule has 0 unspecified atom stereocenters. The fourth-order valence-electron chi connectivity index (χ4n) is 3.21. The molecule has 1 aromatic rings. The van der Waals surface area contributed by atoms with E-state index >= 15 is 0 Å². The standard InChI is InChI=1S/C27H47NO5/c1-6-10-14-16-28-26(29)33-25-20-23(15-11-7-2)19-24(21-25)30-22-27(5,31-17-12-8-3)32-18-13-9-4/h19-21H,6-18,22H2,1-5H3,(H,28,29). The summed E-state index contributed by atoms with van der Waals surface area (Å²) in [5.74, 6) is 0.329. The van der Waals surface area contributed by atoms with Crippen molar-refractivity contribution in [3.8, 4) is 11.5 Å². The number of unbranched alkanes of at least 4 members (excludes halogenated alkanes) is 5.